The average Bonchev–Trinajstić information content (AvgIpc) is 1.65. The number of hydrogen-bond acceptors (Lipinski definition) is 30. The van der Waals surface area contributed by atoms with Crippen LogP contribution in [0.25, 0.3) is 0 Å². The van der Waals surface area contributed by atoms with Crippen LogP contribution in [0.2, 0.25) is 0 Å². The van der Waals surface area contributed by atoms with E-state index >= 15 is 0 Å². The molecule has 594 valence electrons. The summed E-state index contributed by atoms with van der Waals surface area (Å²) in [6, 6.07) is 24.9. The number of aromatic nitrogens is 6. The zero-order chi connectivity index (χ0) is 79.9. The molecule has 3 aromatic carbocycles. The fraction of sp³-hybridized carbons (Fsp3) is 0.522. The van der Waals surface area contributed by atoms with Crippen molar-refractivity contribution in [2.45, 2.75) is 175 Å². The summed E-state index contributed by atoms with van der Waals surface area (Å²) in [7, 11) is -11.9. The van der Waals surface area contributed by atoms with Crippen molar-refractivity contribution in [1.82, 2.24) is 28.7 Å². The van der Waals surface area contributed by atoms with Crippen LogP contribution in [0.1, 0.15) is 97.7 Å². The minimum absolute atomic E-state index is 0.244. The zero-order valence-corrected chi connectivity index (χ0v) is 66.3. The van der Waals surface area contributed by atoms with E-state index in [1.165, 1.54) is 18.6 Å². The molecular formula is C69H93N6O27P3S3. The number of ether oxygens (including phenoxy) is 6. The molecule has 0 radical (unpaired) electrons. The SMILES string of the molecule is Cc1cn([C@H]2O[C@@H](COP(=O)(C[C@@H](C)C(=O)OC(C)C)Oc3ccccc3)C(O)[C@H]2O)c(=O)[nH]c1=S.Cc1cn([C@H]2O[C@@H](CO[P@@](=O)(C[C@@H](C)C(=O)OC(C)C)Oc3ccccc3)C(O)[C@H]2O)c(=O)[nH]c1=S.Cc1cn([C@H]2O[C@@H](CO[P@](=O)(C[C@@H](C)C(=O)OC(C)C)Oc3ccccc3)C(O)[C@H]2O)c(=O)[nH]c1=S. The molecule has 4 unspecified atom stereocenters. The summed E-state index contributed by atoms with van der Waals surface area (Å²) in [5.74, 6) is -3.35. The highest BCUT2D eigenvalue weighted by Crippen LogP contribution is 2.53. The highest BCUT2D eigenvalue weighted by molar-refractivity contribution is 7.71. The Labute approximate surface area is 636 Å². The van der Waals surface area contributed by atoms with E-state index in [0.717, 1.165) is 13.7 Å². The van der Waals surface area contributed by atoms with Crippen molar-refractivity contribution in [3.63, 3.8) is 0 Å². The first-order valence-electron chi connectivity index (χ1n) is 34.3. The standard InChI is InChI=1S/3C23H31N2O9PS/c3*1-13(2)32-22(28)15(4)12-35(30,34-16-8-6-5-7-9-16)31-11-17-18(26)19(27)21(33-17)25-10-14(3)20(36)24-23(25)29/h3*5-10,13,15,17-19,21,26-27H,11-12H2,1-4H3,(H,24,29,36)/t15-,17+,18?,19-,21+,35?;15-,17+,18?,19-,21+,35+;15-,17+,18?,19-,21+,35-/m111/s1. The lowest BCUT2D eigenvalue weighted by molar-refractivity contribution is -0.152. The number of aliphatic hydroxyl groups excluding tert-OH is 6. The van der Waals surface area contributed by atoms with Crippen LogP contribution in [0, 0.1) is 52.4 Å². The minimum Gasteiger partial charge on any atom is -0.463 e. The molecule has 3 aliphatic rings. The first-order chi connectivity index (χ1) is 50.7. The molecule has 0 bridgehead atoms. The van der Waals surface area contributed by atoms with Gasteiger partial charge < -0.3 is 72.6 Å². The number of aromatic amines is 3. The molecule has 0 aliphatic carbocycles. The van der Waals surface area contributed by atoms with Gasteiger partial charge in [0, 0.05) is 35.3 Å². The van der Waals surface area contributed by atoms with Crippen molar-refractivity contribution in [2.24, 2.45) is 17.8 Å². The number of para-hydroxylation sites is 3. The monoisotopic (exact) mass is 1630 g/mol. The summed E-state index contributed by atoms with van der Waals surface area (Å²) in [5.41, 5.74) is -0.176. The number of carbonyl (C=O) groups is 3. The highest BCUT2D eigenvalue weighted by atomic mass is 32.1. The first kappa shape index (κ1) is 88.2. The second-order valence-electron chi connectivity index (χ2n) is 26.7. The Balaban J connectivity index is 0.000000226. The molecule has 6 aromatic rings. The van der Waals surface area contributed by atoms with Gasteiger partial charge in [0.15, 0.2) is 18.7 Å². The van der Waals surface area contributed by atoms with E-state index < -0.39 is 169 Å². The molecule has 39 heteroatoms. The number of aliphatic hydroxyl groups is 6. The Kier molecular flexibility index (Phi) is 32.1. The third kappa shape index (κ3) is 24.5. The van der Waals surface area contributed by atoms with Crippen molar-refractivity contribution in [1.29, 1.82) is 0 Å². The molecule has 108 heavy (non-hydrogen) atoms. The predicted octanol–water partition coefficient (Wildman–Crippen LogP) is 8.13. The molecule has 0 spiro atoms. The van der Waals surface area contributed by atoms with Crippen LogP contribution >= 0.6 is 59.4 Å². The molecule has 9 N–H and O–H groups in total. The molecule has 6 heterocycles. The maximum atomic E-state index is 13.7. The van der Waals surface area contributed by atoms with Gasteiger partial charge in [-0.05, 0) is 98.7 Å². The summed E-state index contributed by atoms with van der Waals surface area (Å²) in [5, 5.41) is 63.3. The molecule has 0 amide bonds. The molecule has 3 aliphatic heterocycles. The van der Waals surface area contributed by atoms with E-state index in [-0.39, 0.29) is 68.0 Å². The van der Waals surface area contributed by atoms with Crippen LogP contribution in [-0.2, 0) is 70.1 Å². The molecule has 18 atom stereocenters. The zero-order valence-electron chi connectivity index (χ0n) is 61.2. The topological polar surface area (TPSA) is 448 Å². The molecule has 3 fully saturated rings. The van der Waals surface area contributed by atoms with Gasteiger partial charge in [0.05, 0.1) is 74.4 Å². The third-order valence-corrected chi connectivity index (χ3v) is 23.6. The fourth-order valence-electron chi connectivity index (χ4n) is 10.7. The molecular weight excluding hydrogens is 1530 g/mol. The van der Waals surface area contributed by atoms with E-state index in [2.05, 4.69) is 15.0 Å². The van der Waals surface area contributed by atoms with Crippen molar-refractivity contribution in [2.75, 3.05) is 38.3 Å². The van der Waals surface area contributed by atoms with Gasteiger partial charge in [0.1, 0.15) is 86.1 Å². The van der Waals surface area contributed by atoms with Crippen LogP contribution in [0.15, 0.2) is 124 Å². The Bertz CT molecular complexity index is 4100. The van der Waals surface area contributed by atoms with Crippen LogP contribution in [-0.4, -0.2) is 189 Å². The Hall–Kier alpha value is -7.02. The number of aryl methyl sites for hydroxylation is 3. The molecule has 9 rings (SSSR count). The van der Waals surface area contributed by atoms with Crippen molar-refractivity contribution >= 4 is 77.3 Å². The smallest absolute Gasteiger partial charge is 0.380 e. The van der Waals surface area contributed by atoms with Crippen LogP contribution in [0.3, 0.4) is 0 Å². The number of nitrogens with zero attached hydrogens (tertiary/aromatic N) is 3. The van der Waals surface area contributed by atoms with Gasteiger partial charge in [-0.15, -0.1) is 0 Å². The Morgan fingerprint density at radius 1 is 0.407 bits per heavy atom. The quantitative estimate of drug-likeness (QED) is 0.00889. The predicted molar refractivity (Wildman–Crippen MR) is 397 cm³/mol. The van der Waals surface area contributed by atoms with E-state index in [1.54, 1.807) is 174 Å². The summed E-state index contributed by atoms with van der Waals surface area (Å²) < 4.78 is 112. The Morgan fingerprint density at radius 3 is 0.843 bits per heavy atom. The van der Waals surface area contributed by atoms with Crippen LogP contribution in [0.4, 0.5) is 0 Å². The number of carbonyl (C=O) groups excluding carboxylic acids is 3. The number of benzene rings is 3. The summed E-state index contributed by atoms with van der Waals surface area (Å²) in [4.78, 5) is 81.4. The van der Waals surface area contributed by atoms with Crippen LogP contribution in [0.5, 0.6) is 17.2 Å². The second-order valence-corrected chi connectivity index (χ2v) is 34.0. The van der Waals surface area contributed by atoms with E-state index in [4.69, 9.17) is 92.2 Å². The lowest BCUT2D eigenvalue weighted by Gasteiger charge is -2.24. The molecule has 0 saturated carbocycles. The lowest BCUT2D eigenvalue weighted by atomic mass is 10.1. The van der Waals surface area contributed by atoms with Gasteiger partial charge in [-0.25, -0.2) is 28.1 Å². The normalized spacial score (nSPS) is 24.3. The number of rotatable bonds is 30. The molecule has 3 aromatic heterocycles. The van der Waals surface area contributed by atoms with Crippen LogP contribution < -0.4 is 30.6 Å². The van der Waals surface area contributed by atoms with Gasteiger partial charge in [0.2, 0.25) is 0 Å². The van der Waals surface area contributed by atoms with Gasteiger partial charge in [-0.3, -0.25) is 56.6 Å². The van der Waals surface area contributed by atoms with Gasteiger partial charge in [0.25, 0.3) is 0 Å². The Morgan fingerprint density at radius 2 is 0.630 bits per heavy atom. The largest absolute Gasteiger partial charge is 0.463 e. The average molecular weight is 1630 g/mol. The maximum absolute atomic E-state index is 13.7. The van der Waals surface area contributed by atoms with Crippen molar-refractivity contribution in [3.8, 4) is 17.2 Å². The third-order valence-electron chi connectivity index (χ3n) is 16.3. The van der Waals surface area contributed by atoms with Gasteiger partial charge in [-0.2, -0.15) is 0 Å². The van der Waals surface area contributed by atoms with E-state index in [0.29, 0.717) is 16.7 Å². The summed E-state index contributed by atoms with van der Waals surface area (Å²) in [6.45, 7) is 18.6. The van der Waals surface area contributed by atoms with E-state index in [1.807, 2.05) is 0 Å². The van der Waals surface area contributed by atoms with Crippen molar-refractivity contribution in [3.05, 3.63) is 172 Å². The van der Waals surface area contributed by atoms with Gasteiger partial charge in [-0.1, -0.05) is 112 Å². The van der Waals surface area contributed by atoms with E-state index in [9.17, 15) is 73.1 Å². The second kappa shape index (κ2) is 39.2. The lowest BCUT2D eigenvalue weighted by Crippen LogP contribution is -2.36. The number of nitrogens with one attached hydrogen (secondary N) is 3. The summed E-state index contributed by atoms with van der Waals surface area (Å²) in [6.07, 6.45) is -13.7. The number of hydrogen-bond donors (Lipinski definition) is 9. The summed E-state index contributed by atoms with van der Waals surface area (Å²) >= 11 is 15.1. The first-order valence-corrected chi connectivity index (χ1v) is 40.7. The fourth-order valence-corrected chi connectivity index (χ4v) is 16.8. The van der Waals surface area contributed by atoms with Crippen molar-refractivity contribution < 1.29 is 114 Å². The highest BCUT2D eigenvalue weighted by Gasteiger charge is 2.49. The molecule has 33 nitrogen and oxygen atoms in total. The maximum Gasteiger partial charge on any atom is 0.380 e. The molecule has 3 saturated heterocycles. The minimum atomic E-state index is -3.97. The number of esters is 3. The van der Waals surface area contributed by atoms with Gasteiger partial charge >= 0.3 is 57.8 Å². The number of H-pyrrole nitrogens is 3.